The summed E-state index contributed by atoms with van der Waals surface area (Å²) in [5.74, 6) is -0.283. The first kappa shape index (κ1) is 13.2. The van der Waals surface area contributed by atoms with Gasteiger partial charge >= 0.3 is 0 Å². The van der Waals surface area contributed by atoms with E-state index in [4.69, 9.17) is 40.5 Å². The highest BCUT2D eigenvalue weighted by Crippen LogP contribution is 2.31. The van der Waals surface area contributed by atoms with Crippen molar-refractivity contribution in [3.8, 4) is 0 Å². The lowest BCUT2D eigenvalue weighted by Crippen LogP contribution is -2.04. The molecule has 0 aliphatic carbocycles. The van der Waals surface area contributed by atoms with Gasteiger partial charge in [0.25, 0.3) is 0 Å². The Balaban J connectivity index is 2.53. The topological polar surface area (TPSA) is 43.1 Å². The molecular formula is C13H8Cl3NO. The van der Waals surface area contributed by atoms with Crippen LogP contribution in [0.4, 0.5) is 5.69 Å². The summed E-state index contributed by atoms with van der Waals surface area (Å²) in [6.45, 7) is 0. The monoisotopic (exact) mass is 299 g/mol. The second-order valence-electron chi connectivity index (χ2n) is 3.70. The Morgan fingerprint density at radius 1 is 1.00 bits per heavy atom. The van der Waals surface area contributed by atoms with Gasteiger partial charge in [0.15, 0.2) is 5.78 Å². The first-order valence-electron chi connectivity index (χ1n) is 5.04. The number of halogens is 3. The molecule has 0 fully saturated rings. The summed E-state index contributed by atoms with van der Waals surface area (Å²) in [6, 6.07) is 9.58. The number of ketones is 1. The molecule has 2 rings (SSSR count). The minimum atomic E-state index is -0.283. The van der Waals surface area contributed by atoms with Crippen LogP contribution in [-0.4, -0.2) is 5.78 Å². The fraction of sp³-hybridized carbons (Fsp3) is 0. The Bertz CT molecular complexity index is 602. The number of hydrogen-bond donors (Lipinski definition) is 1. The maximum Gasteiger partial charge on any atom is 0.196 e. The summed E-state index contributed by atoms with van der Waals surface area (Å²) in [5.41, 5.74) is 6.80. The van der Waals surface area contributed by atoms with Crippen molar-refractivity contribution in [2.24, 2.45) is 0 Å². The first-order valence-corrected chi connectivity index (χ1v) is 6.17. The van der Waals surface area contributed by atoms with Gasteiger partial charge in [0.05, 0.1) is 15.6 Å². The van der Waals surface area contributed by atoms with Gasteiger partial charge in [0.1, 0.15) is 0 Å². The molecule has 0 amide bonds. The van der Waals surface area contributed by atoms with Crippen molar-refractivity contribution in [2.75, 3.05) is 5.73 Å². The zero-order chi connectivity index (χ0) is 13.3. The molecule has 0 atom stereocenters. The van der Waals surface area contributed by atoms with Crippen LogP contribution in [0.1, 0.15) is 15.9 Å². The van der Waals surface area contributed by atoms with Crippen molar-refractivity contribution in [1.82, 2.24) is 0 Å². The second kappa shape index (κ2) is 5.19. The first-order chi connectivity index (χ1) is 8.49. The van der Waals surface area contributed by atoms with E-state index in [1.165, 1.54) is 12.1 Å². The number of hydrogen-bond acceptors (Lipinski definition) is 2. The lowest BCUT2D eigenvalue weighted by Gasteiger charge is -2.07. The van der Waals surface area contributed by atoms with Crippen LogP contribution in [0, 0.1) is 0 Å². The molecule has 0 heterocycles. The van der Waals surface area contributed by atoms with E-state index in [1.54, 1.807) is 24.3 Å². The van der Waals surface area contributed by atoms with Crippen molar-refractivity contribution in [1.29, 1.82) is 0 Å². The van der Waals surface area contributed by atoms with Crippen LogP contribution >= 0.6 is 34.8 Å². The minimum absolute atomic E-state index is 0.222. The van der Waals surface area contributed by atoms with Gasteiger partial charge in [-0.3, -0.25) is 4.79 Å². The number of nitrogen functional groups attached to an aromatic ring is 1. The third-order valence-electron chi connectivity index (χ3n) is 2.38. The summed E-state index contributed by atoms with van der Waals surface area (Å²) in [6.07, 6.45) is 0. The molecule has 0 aliphatic heterocycles. The van der Waals surface area contributed by atoms with E-state index in [1.807, 2.05) is 0 Å². The van der Waals surface area contributed by atoms with E-state index in [0.29, 0.717) is 16.3 Å². The van der Waals surface area contributed by atoms with E-state index in [-0.39, 0.29) is 21.4 Å². The van der Waals surface area contributed by atoms with Gasteiger partial charge in [-0.15, -0.1) is 0 Å². The fourth-order valence-corrected chi connectivity index (χ4v) is 2.57. The highest BCUT2D eigenvalue weighted by molar-refractivity contribution is 6.43. The Morgan fingerprint density at radius 3 is 2.17 bits per heavy atom. The van der Waals surface area contributed by atoms with E-state index >= 15 is 0 Å². The molecule has 0 aromatic heterocycles. The summed E-state index contributed by atoms with van der Waals surface area (Å²) in [7, 11) is 0. The SMILES string of the molecule is Nc1cccc(C(=O)c2c(Cl)cc(Cl)cc2Cl)c1. The molecule has 18 heavy (non-hydrogen) atoms. The Kier molecular flexibility index (Phi) is 3.81. The van der Waals surface area contributed by atoms with E-state index in [0.717, 1.165) is 0 Å². The zero-order valence-corrected chi connectivity index (χ0v) is 11.4. The van der Waals surface area contributed by atoms with Crippen LogP contribution in [0.15, 0.2) is 36.4 Å². The molecule has 2 aromatic rings. The number of rotatable bonds is 2. The van der Waals surface area contributed by atoms with Crippen LogP contribution in [0.25, 0.3) is 0 Å². The number of nitrogens with two attached hydrogens (primary N) is 1. The fourth-order valence-electron chi connectivity index (χ4n) is 1.58. The third-order valence-corrected chi connectivity index (χ3v) is 3.20. The maximum absolute atomic E-state index is 12.3. The maximum atomic E-state index is 12.3. The Hall–Kier alpha value is -1.22. The highest BCUT2D eigenvalue weighted by Gasteiger charge is 2.17. The van der Waals surface area contributed by atoms with Gasteiger partial charge in [-0.2, -0.15) is 0 Å². The molecule has 0 unspecified atom stereocenters. The van der Waals surface area contributed by atoms with Gasteiger partial charge in [-0.1, -0.05) is 46.9 Å². The minimum Gasteiger partial charge on any atom is -0.399 e. The van der Waals surface area contributed by atoms with E-state index < -0.39 is 0 Å². The van der Waals surface area contributed by atoms with E-state index in [9.17, 15) is 4.79 Å². The number of carbonyl (C=O) groups is 1. The quantitative estimate of drug-likeness (QED) is 0.657. The number of benzene rings is 2. The number of anilines is 1. The number of carbonyl (C=O) groups excluding carboxylic acids is 1. The summed E-state index contributed by atoms with van der Waals surface area (Å²) in [4.78, 5) is 12.3. The zero-order valence-electron chi connectivity index (χ0n) is 9.08. The standard InChI is InChI=1S/C13H8Cl3NO/c14-8-5-10(15)12(11(16)6-8)13(18)7-2-1-3-9(17)4-7/h1-6H,17H2. The molecule has 2 nitrogen and oxygen atoms in total. The van der Waals surface area contributed by atoms with Gasteiger partial charge in [-0.05, 0) is 24.3 Å². The second-order valence-corrected chi connectivity index (χ2v) is 4.95. The van der Waals surface area contributed by atoms with Crippen molar-refractivity contribution >= 4 is 46.3 Å². The highest BCUT2D eigenvalue weighted by atomic mass is 35.5. The van der Waals surface area contributed by atoms with Gasteiger partial charge in [0.2, 0.25) is 0 Å². The summed E-state index contributed by atoms with van der Waals surface area (Å²) >= 11 is 17.8. The van der Waals surface area contributed by atoms with Crippen LogP contribution in [-0.2, 0) is 0 Å². The van der Waals surface area contributed by atoms with Crippen molar-refractivity contribution < 1.29 is 4.79 Å². The average molecular weight is 301 g/mol. The van der Waals surface area contributed by atoms with Crippen molar-refractivity contribution in [2.45, 2.75) is 0 Å². The van der Waals surface area contributed by atoms with Crippen LogP contribution < -0.4 is 5.73 Å². The largest absolute Gasteiger partial charge is 0.399 e. The smallest absolute Gasteiger partial charge is 0.196 e. The summed E-state index contributed by atoms with van der Waals surface area (Å²) in [5, 5.41) is 0.828. The lowest BCUT2D eigenvalue weighted by atomic mass is 10.0. The van der Waals surface area contributed by atoms with Gasteiger partial charge < -0.3 is 5.73 Å². The van der Waals surface area contributed by atoms with Crippen molar-refractivity contribution in [3.05, 3.63) is 62.6 Å². The van der Waals surface area contributed by atoms with Gasteiger partial charge in [0, 0.05) is 16.3 Å². The van der Waals surface area contributed by atoms with Crippen LogP contribution in [0.3, 0.4) is 0 Å². The molecule has 0 radical (unpaired) electrons. The van der Waals surface area contributed by atoms with Crippen LogP contribution in [0.2, 0.25) is 15.1 Å². The molecule has 0 saturated heterocycles. The molecule has 5 heteroatoms. The molecule has 0 spiro atoms. The van der Waals surface area contributed by atoms with Gasteiger partial charge in [-0.25, -0.2) is 0 Å². The normalized spacial score (nSPS) is 10.4. The molecule has 0 bridgehead atoms. The van der Waals surface area contributed by atoms with E-state index in [2.05, 4.69) is 0 Å². The molecule has 92 valence electrons. The Morgan fingerprint density at radius 2 is 1.61 bits per heavy atom. The molecular weight excluding hydrogens is 293 g/mol. The van der Waals surface area contributed by atoms with Crippen LogP contribution in [0.5, 0.6) is 0 Å². The molecule has 2 aromatic carbocycles. The molecule has 2 N–H and O–H groups in total. The predicted molar refractivity (Wildman–Crippen MR) is 75.8 cm³/mol. The Labute approximate surface area is 119 Å². The average Bonchev–Trinajstić information content (AvgIpc) is 2.27. The lowest BCUT2D eigenvalue weighted by molar-refractivity contribution is 0.103. The molecule has 0 saturated carbocycles. The molecule has 0 aliphatic rings. The summed E-state index contributed by atoms with van der Waals surface area (Å²) < 4.78 is 0. The predicted octanol–water partition coefficient (Wildman–Crippen LogP) is 4.46. The van der Waals surface area contributed by atoms with Crippen molar-refractivity contribution in [3.63, 3.8) is 0 Å². The third kappa shape index (κ3) is 2.61.